The van der Waals surface area contributed by atoms with Crippen LogP contribution in [0.2, 0.25) is 0 Å². The Morgan fingerprint density at radius 3 is 2.39 bits per heavy atom. The number of nitrogens with one attached hydrogen (secondary N) is 1. The number of allylic oxidation sites excluding steroid dienone is 1. The summed E-state index contributed by atoms with van der Waals surface area (Å²) in [5.74, 6) is 0.575. The Morgan fingerprint density at radius 2 is 1.75 bits per heavy atom. The van der Waals surface area contributed by atoms with E-state index in [1.54, 1.807) is 12.1 Å². The molecule has 2 aromatic carbocycles. The molecule has 0 aromatic heterocycles. The van der Waals surface area contributed by atoms with Crippen molar-refractivity contribution in [3.8, 4) is 11.5 Å². The molecular weight excluding hydrogens is 350 g/mol. The normalized spacial score (nSPS) is 18.5. The lowest BCUT2D eigenvalue weighted by molar-refractivity contribution is -0.901. The van der Waals surface area contributed by atoms with E-state index in [0.717, 1.165) is 18.7 Å². The fourth-order valence-corrected chi connectivity index (χ4v) is 3.99. The predicted octanol–water partition coefficient (Wildman–Crippen LogP) is 2.85. The minimum atomic E-state index is -0.146. The van der Waals surface area contributed by atoms with Crippen LogP contribution in [0, 0.1) is 0 Å². The highest BCUT2D eigenvalue weighted by molar-refractivity contribution is 6.14. The van der Waals surface area contributed by atoms with Crippen molar-refractivity contribution >= 4 is 11.9 Å². The van der Waals surface area contributed by atoms with Crippen LogP contribution >= 0.6 is 0 Å². The second-order valence-electron chi connectivity index (χ2n) is 8.86. The van der Waals surface area contributed by atoms with Crippen LogP contribution in [0.5, 0.6) is 11.5 Å². The fourth-order valence-electron chi connectivity index (χ4n) is 3.99. The summed E-state index contributed by atoms with van der Waals surface area (Å²) < 4.78 is 5.94. The quantitative estimate of drug-likeness (QED) is 0.837. The molecule has 2 aromatic rings. The number of hydrogen-bond donors (Lipinski definition) is 1. The van der Waals surface area contributed by atoms with E-state index < -0.39 is 0 Å². The van der Waals surface area contributed by atoms with Crippen molar-refractivity contribution in [3.05, 3.63) is 64.4 Å². The molecule has 1 saturated heterocycles. The molecule has 0 saturated carbocycles. The topological polar surface area (TPSA) is 53.8 Å². The molecule has 2 heterocycles. The summed E-state index contributed by atoms with van der Waals surface area (Å²) >= 11 is 0. The summed E-state index contributed by atoms with van der Waals surface area (Å²) in [5.41, 5.74) is 3.38. The third kappa shape index (κ3) is 3.57. The Bertz CT molecular complexity index is 930. The molecule has 1 fully saturated rings. The Labute approximate surface area is 166 Å². The summed E-state index contributed by atoms with van der Waals surface area (Å²) in [7, 11) is 0. The predicted molar refractivity (Wildman–Crippen MR) is 108 cm³/mol. The van der Waals surface area contributed by atoms with Gasteiger partial charge in [0.1, 0.15) is 12.3 Å². The standard InChI is InChI=1S/C24H27NO3/c1-24(2,3)17-8-6-16(7-9-17)14-21-22(27)18-10-11-20(26)19(23(18)28-21)15-25-12-4-5-13-25/h6-11,14,26H,4-5,12-13,15H2,1-3H3/b21-14-. The van der Waals surface area contributed by atoms with Gasteiger partial charge < -0.3 is 14.7 Å². The zero-order valence-corrected chi connectivity index (χ0v) is 16.8. The smallest absolute Gasteiger partial charge is 0.231 e. The SMILES string of the molecule is CC(C)(C)c1ccc(/C=C2\Oc3c(ccc([O-])c3C[NH+]3CCCC3)C2=O)cc1. The first-order valence-corrected chi connectivity index (χ1v) is 10.0. The number of hydrogen-bond acceptors (Lipinski definition) is 3. The molecule has 28 heavy (non-hydrogen) atoms. The van der Waals surface area contributed by atoms with Crippen LogP contribution in [0.25, 0.3) is 6.08 Å². The number of fused-ring (bicyclic) bond motifs is 1. The van der Waals surface area contributed by atoms with Gasteiger partial charge in [0.15, 0.2) is 5.76 Å². The Balaban J connectivity index is 1.62. The molecule has 2 aliphatic heterocycles. The zero-order valence-electron chi connectivity index (χ0n) is 16.8. The molecule has 2 aliphatic rings. The van der Waals surface area contributed by atoms with Crippen LogP contribution in [0.15, 0.2) is 42.2 Å². The maximum atomic E-state index is 12.8. The second kappa shape index (κ2) is 7.10. The van der Waals surface area contributed by atoms with E-state index in [2.05, 4.69) is 32.9 Å². The summed E-state index contributed by atoms with van der Waals surface area (Å²) in [6.45, 7) is 9.28. The van der Waals surface area contributed by atoms with Crippen LogP contribution in [0.3, 0.4) is 0 Å². The summed E-state index contributed by atoms with van der Waals surface area (Å²) in [6.07, 6.45) is 4.15. The number of quaternary nitrogens is 1. The van der Waals surface area contributed by atoms with Gasteiger partial charge in [0.05, 0.1) is 18.7 Å². The molecule has 4 rings (SSSR count). The van der Waals surface area contributed by atoms with Gasteiger partial charge in [-0.05, 0) is 28.7 Å². The number of carbonyl (C=O) groups is 1. The average Bonchev–Trinajstić information content (AvgIpc) is 3.26. The molecule has 0 atom stereocenters. The highest BCUT2D eigenvalue weighted by Gasteiger charge is 2.31. The number of ketones is 1. The zero-order chi connectivity index (χ0) is 19.9. The van der Waals surface area contributed by atoms with Gasteiger partial charge in [0.2, 0.25) is 5.78 Å². The lowest BCUT2D eigenvalue weighted by Crippen LogP contribution is -3.08. The molecular formula is C24H27NO3. The van der Waals surface area contributed by atoms with E-state index in [1.807, 2.05) is 12.1 Å². The van der Waals surface area contributed by atoms with Crippen molar-refractivity contribution in [2.45, 2.75) is 45.6 Å². The highest BCUT2D eigenvalue weighted by atomic mass is 16.5. The molecule has 4 heteroatoms. The van der Waals surface area contributed by atoms with Crippen LogP contribution in [0.4, 0.5) is 0 Å². The molecule has 1 N–H and O–H groups in total. The van der Waals surface area contributed by atoms with E-state index in [1.165, 1.54) is 29.4 Å². The first-order chi connectivity index (χ1) is 13.3. The minimum Gasteiger partial charge on any atom is -0.872 e. The van der Waals surface area contributed by atoms with Crippen molar-refractivity contribution in [2.75, 3.05) is 13.1 Å². The molecule has 0 amide bonds. The number of Topliss-reactive ketones (excluding diaryl/α,β-unsaturated/α-hetero) is 1. The molecule has 146 valence electrons. The number of likely N-dealkylation sites (tertiary alicyclic amines) is 1. The Kier molecular flexibility index (Phi) is 4.76. The van der Waals surface area contributed by atoms with Gasteiger partial charge in [-0.1, -0.05) is 56.9 Å². The monoisotopic (exact) mass is 377 g/mol. The molecule has 0 spiro atoms. The van der Waals surface area contributed by atoms with Crippen LogP contribution in [-0.4, -0.2) is 18.9 Å². The van der Waals surface area contributed by atoms with Gasteiger partial charge in [-0.15, -0.1) is 0 Å². The van der Waals surface area contributed by atoms with Gasteiger partial charge in [-0.2, -0.15) is 0 Å². The van der Waals surface area contributed by atoms with Crippen LogP contribution in [-0.2, 0) is 12.0 Å². The number of carbonyl (C=O) groups excluding carboxylic acids is 1. The van der Waals surface area contributed by atoms with Gasteiger partial charge >= 0.3 is 0 Å². The van der Waals surface area contributed by atoms with E-state index >= 15 is 0 Å². The lowest BCUT2D eigenvalue weighted by Gasteiger charge is -2.19. The van der Waals surface area contributed by atoms with Crippen LogP contribution < -0.4 is 14.7 Å². The average molecular weight is 377 g/mol. The van der Waals surface area contributed by atoms with Gasteiger partial charge in [0, 0.05) is 18.4 Å². The maximum Gasteiger partial charge on any atom is 0.231 e. The maximum absolute atomic E-state index is 12.8. The molecule has 0 unspecified atom stereocenters. The molecule has 0 aliphatic carbocycles. The minimum absolute atomic E-state index is 0.0401. The molecule has 0 radical (unpaired) electrons. The Hall–Kier alpha value is -2.59. The van der Waals surface area contributed by atoms with Crippen LogP contribution in [0.1, 0.15) is 60.7 Å². The third-order valence-corrected chi connectivity index (χ3v) is 5.71. The first kappa shape index (κ1) is 18.8. The van der Waals surface area contributed by atoms with Gasteiger partial charge in [-0.25, -0.2) is 0 Å². The van der Waals surface area contributed by atoms with Gasteiger partial charge in [0.25, 0.3) is 0 Å². The summed E-state index contributed by atoms with van der Waals surface area (Å²) in [5, 5.41) is 12.4. The van der Waals surface area contributed by atoms with Crippen molar-refractivity contribution in [1.29, 1.82) is 0 Å². The van der Waals surface area contributed by atoms with Crippen molar-refractivity contribution in [3.63, 3.8) is 0 Å². The fraction of sp³-hybridized carbons (Fsp3) is 0.375. The third-order valence-electron chi connectivity index (χ3n) is 5.71. The van der Waals surface area contributed by atoms with E-state index in [4.69, 9.17) is 4.74 Å². The van der Waals surface area contributed by atoms with E-state index in [0.29, 0.717) is 29.2 Å². The first-order valence-electron chi connectivity index (χ1n) is 10.0. The van der Waals surface area contributed by atoms with E-state index in [9.17, 15) is 9.90 Å². The van der Waals surface area contributed by atoms with Crippen molar-refractivity contribution < 1.29 is 19.5 Å². The number of ether oxygens (including phenoxy) is 1. The lowest BCUT2D eigenvalue weighted by atomic mass is 9.86. The second-order valence-corrected chi connectivity index (χ2v) is 8.86. The largest absolute Gasteiger partial charge is 0.872 e. The molecule has 4 nitrogen and oxygen atoms in total. The summed E-state index contributed by atoms with van der Waals surface area (Å²) in [4.78, 5) is 14.2. The van der Waals surface area contributed by atoms with Crippen molar-refractivity contribution in [1.82, 2.24) is 0 Å². The van der Waals surface area contributed by atoms with Gasteiger partial charge in [-0.3, -0.25) is 4.79 Å². The van der Waals surface area contributed by atoms with Crippen molar-refractivity contribution in [2.24, 2.45) is 0 Å². The number of benzene rings is 2. The molecule has 0 bridgehead atoms. The van der Waals surface area contributed by atoms with E-state index in [-0.39, 0.29) is 16.9 Å². The Morgan fingerprint density at radius 1 is 1.07 bits per heavy atom. The summed E-state index contributed by atoms with van der Waals surface area (Å²) in [6, 6.07) is 11.3. The number of rotatable bonds is 3. The highest BCUT2D eigenvalue weighted by Crippen LogP contribution is 2.38.